The largest absolute Gasteiger partial charge is 0.310 e. The normalized spacial score (nSPS) is 25.2. The molecule has 0 amide bonds. The molecule has 1 fully saturated rings. The minimum absolute atomic E-state index is 0.549. The molecule has 0 spiro atoms. The minimum atomic E-state index is 0.549. The fraction of sp³-hybridized carbons (Fsp3) is 0.647. The number of nitrogens with one attached hydrogen (secondary N) is 1. The van der Waals surface area contributed by atoms with Crippen molar-refractivity contribution in [2.24, 2.45) is 11.8 Å². The fourth-order valence-electron chi connectivity index (χ4n) is 3.21. The molecule has 1 aliphatic rings. The summed E-state index contributed by atoms with van der Waals surface area (Å²) in [5.74, 6) is 1.74. The van der Waals surface area contributed by atoms with Gasteiger partial charge in [0.2, 0.25) is 0 Å². The van der Waals surface area contributed by atoms with Gasteiger partial charge in [0.05, 0.1) is 0 Å². The first-order valence-corrected chi connectivity index (χ1v) is 8.84. The van der Waals surface area contributed by atoms with Crippen molar-refractivity contribution in [3.8, 4) is 0 Å². The van der Waals surface area contributed by atoms with Crippen LogP contribution < -0.4 is 5.32 Å². The lowest BCUT2D eigenvalue weighted by molar-refractivity contribution is 0.233. The van der Waals surface area contributed by atoms with E-state index in [0.717, 1.165) is 18.4 Å². The van der Waals surface area contributed by atoms with Crippen molar-refractivity contribution in [2.75, 3.05) is 12.8 Å². The van der Waals surface area contributed by atoms with E-state index in [4.69, 9.17) is 0 Å². The summed E-state index contributed by atoms with van der Waals surface area (Å²) in [6.45, 7) is 5.67. The molecule has 0 heterocycles. The van der Waals surface area contributed by atoms with Crippen LogP contribution in [0.5, 0.6) is 0 Å². The van der Waals surface area contributed by atoms with E-state index in [9.17, 15) is 0 Å². The van der Waals surface area contributed by atoms with Gasteiger partial charge in [-0.1, -0.05) is 38.8 Å². The zero-order valence-corrected chi connectivity index (χ0v) is 13.3. The molecule has 1 aromatic carbocycles. The van der Waals surface area contributed by atoms with Gasteiger partial charge in [-0.15, -0.1) is 11.8 Å². The maximum absolute atomic E-state index is 3.71. The SMILES string of the molecule is CCNC(c1ccc(SC)cc1)C1CCC(C)CC1. The quantitative estimate of drug-likeness (QED) is 0.769. The predicted molar refractivity (Wildman–Crippen MR) is 85.8 cm³/mol. The third-order valence-electron chi connectivity index (χ3n) is 4.43. The number of hydrogen-bond donors (Lipinski definition) is 1. The van der Waals surface area contributed by atoms with Crippen molar-refractivity contribution in [2.45, 2.75) is 50.5 Å². The second-order valence-corrected chi connectivity index (χ2v) is 6.71. The van der Waals surface area contributed by atoms with Gasteiger partial charge in [-0.25, -0.2) is 0 Å². The molecule has 1 nitrogen and oxygen atoms in total. The third kappa shape index (κ3) is 4.00. The predicted octanol–water partition coefficient (Wildman–Crippen LogP) is 4.89. The number of benzene rings is 1. The summed E-state index contributed by atoms with van der Waals surface area (Å²) in [4.78, 5) is 1.36. The van der Waals surface area contributed by atoms with Gasteiger partial charge in [0.25, 0.3) is 0 Å². The summed E-state index contributed by atoms with van der Waals surface area (Å²) in [7, 11) is 0. The average Bonchev–Trinajstić information content (AvgIpc) is 2.46. The minimum Gasteiger partial charge on any atom is -0.310 e. The summed E-state index contributed by atoms with van der Waals surface area (Å²) in [5.41, 5.74) is 1.47. The molecule has 0 aliphatic heterocycles. The molecule has 1 aliphatic carbocycles. The highest BCUT2D eigenvalue weighted by atomic mass is 32.2. The Hall–Kier alpha value is -0.470. The highest BCUT2D eigenvalue weighted by Crippen LogP contribution is 2.37. The Balaban J connectivity index is 2.09. The monoisotopic (exact) mass is 277 g/mol. The summed E-state index contributed by atoms with van der Waals surface area (Å²) in [6.07, 6.45) is 7.69. The lowest BCUT2D eigenvalue weighted by atomic mass is 9.77. The van der Waals surface area contributed by atoms with Gasteiger partial charge < -0.3 is 5.32 Å². The number of thioether (sulfide) groups is 1. The van der Waals surface area contributed by atoms with Gasteiger partial charge in [-0.2, -0.15) is 0 Å². The van der Waals surface area contributed by atoms with Gasteiger partial charge in [-0.3, -0.25) is 0 Å². The van der Waals surface area contributed by atoms with Gasteiger partial charge in [0.1, 0.15) is 0 Å². The topological polar surface area (TPSA) is 12.0 Å². The van der Waals surface area contributed by atoms with Gasteiger partial charge in [-0.05, 0) is 55.2 Å². The fourth-order valence-corrected chi connectivity index (χ4v) is 3.62. The molecule has 0 aromatic heterocycles. The van der Waals surface area contributed by atoms with E-state index < -0.39 is 0 Å². The van der Waals surface area contributed by atoms with Gasteiger partial charge >= 0.3 is 0 Å². The van der Waals surface area contributed by atoms with Crippen LogP contribution in [0.2, 0.25) is 0 Å². The first-order chi connectivity index (χ1) is 9.24. The molecular formula is C17H27NS. The van der Waals surface area contributed by atoms with Crippen LogP contribution in [0.4, 0.5) is 0 Å². The zero-order valence-electron chi connectivity index (χ0n) is 12.5. The number of hydrogen-bond acceptors (Lipinski definition) is 2. The Bertz CT molecular complexity index is 365. The Morgan fingerprint density at radius 1 is 1.16 bits per heavy atom. The van der Waals surface area contributed by atoms with Crippen LogP contribution in [-0.2, 0) is 0 Å². The molecule has 2 rings (SSSR count). The molecule has 0 saturated heterocycles. The van der Waals surface area contributed by atoms with Crippen molar-refractivity contribution < 1.29 is 0 Å². The second-order valence-electron chi connectivity index (χ2n) is 5.83. The van der Waals surface area contributed by atoms with E-state index in [1.165, 1.54) is 36.1 Å². The lowest BCUT2D eigenvalue weighted by Crippen LogP contribution is -2.30. The molecule has 0 bridgehead atoms. The molecular weight excluding hydrogens is 250 g/mol. The van der Waals surface area contributed by atoms with Crippen molar-refractivity contribution in [1.29, 1.82) is 0 Å². The number of rotatable bonds is 5. The molecule has 2 heteroatoms. The standard InChI is InChI=1S/C17H27NS/c1-4-18-17(14-7-5-13(2)6-8-14)15-9-11-16(19-3)12-10-15/h9-14,17-18H,4-8H2,1-3H3. The first-order valence-electron chi connectivity index (χ1n) is 7.62. The molecule has 1 atom stereocenters. The van der Waals surface area contributed by atoms with E-state index in [2.05, 4.69) is 49.7 Å². The smallest absolute Gasteiger partial charge is 0.0348 e. The van der Waals surface area contributed by atoms with Crippen LogP contribution in [0.25, 0.3) is 0 Å². The van der Waals surface area contributed by atoms with Gasteiger partial charge in [0, 0.05) is 10.9 Å². The lowest BCUT2D eigenvalue weighted by Gasteiger charge is -2.33. The zero-order chi connectivity index (χ0) is 13.7. The second kappa shape index (κ2) is 7.35. The van der Waals surface area contributed by atoms with Crippen LogP contribution >= 0.6 is 11.8 Å². The summed E-state index contributed by atoms with van der Waals surface area (Å²) >= 11 is 1.82. The maximum atomic E-state index is 3.71. The van der Waals surface area contributed by atoms with Crippen molar-refractivity contribution in [1.82, 2.24) is 5.32 Å². The molecule has 106 valence electrons. The van der Waals surface area contributed by atoms with E-state index in [-0.39, 0.29) is 0 Å². The Morgan fingerprint density at radius 2 is 1.79 bits per heavy atom. The first kappa shape index (κ1) is 14.9. The average molecular weight is 277 g/mol. The van der Waals surface area contributed by atoms with E-state index in [0.29, 0.717) is 6.04 Å². The van der Waals surface area contributed by atoms with Crippen LogP contribution in [0.3, 0.4) is 0 Å². The van der Waals surface area contributed by atoms with Crippen molar-refractivity contribution in [3.63, 3.8) is 0 Å². The van der Waals surface area contributed by atoms with Crippen LogP contribution in [0.1, 0.15) is 51.1 Å². The molecule has 19 heavy (non-hydrogen) atoms. The van der Waals surface area contributed by atoms with Crippen LogP contribution in [0.15, 0.2) is 29.2 Å². The Labute approximate surface area is 122 Å². The molecule has 1 saturated carbocycles. The van der Waals surface area contributed by atoms with Crippen LogP contribution in [-0.4, -0.2) is 12.8 Å². The molecule has 1 N–H and O–H groups in total. The van der Waals surface area contributed by atoms with Crippen LogP contribution in [0, 0.1) is 11.8 Å². The van der Waals surface area contributed by atoms with E-state index in [1.54, 1.807) is 0 Å². The third-order valence-corrected chi connectivity index (χ3v) is 5.17. The van der Waals surface area contributed by atoms with E-state index >= 15 is 0 Å². The highest BCUT2D eigenvalue weighted by Gasteiger charge is 2.26. The van der Waals surface area contributed by atoms with Crippen molar-refractivity contribution >= 4 is 11.8 Å². The molecule has 1 aromatic rings. The van der Waals surface area contributed by atoms with Crippen molar-refractivity contribution in [3.05, 3.63) is 29.8 Å². The highest BCUT2D eigenvalue weighted by molar-refractivity contribution is 7.98. The Morgan fingerprint density at radius 3 is 2.32 bits per heavy atom. The molecule has 1 unspecified atom stereocenters. The van der Waals surface area contributed by atoms with Gasteiger partial charge in [0.15, 0.2) is 0 Å². The summed E-state index contributed by atoms with van der Waals surface area (Å²) in [5, 5.41) is 3.71. The Kier molecular flexibility index (Phi) is 5.77. The summed E-state index contributed by atoms with van der Waals surface area (Å²) in [6, 6.07) is 9.70. The summed E-state index contributed by atoms with van der Waals surface area (Å²) < 4.78 is 0. The molecule has 0 radical (unpaired) electrons. The van der Waals surface area contributed by atoms with E-state index in [1.807, 2.05) is 11.8 Å². The maximum Gasteiger partial charge on any atom is 0.0348 e.